The molecule has 0 radical (unpaired) electrons. The number of rotatable bonds is 4. The first-order chi connectivity index (χ1) is 6.91. The molecule has 1 aromatic rings. The molecule has 0 heterocycles. The maximum atomic E-state index is 10.9. The molecule has 4 nitrogen and oxygen atoms in total. The van der Waals surface area contributed by atoms with Crippen molar-refractivity contribution in [2.45, 2.75) is 25.6 Å². The molecular weight excluding hydrogens is 196 g/mol. The van der Waals surface area contributed by atoms with Gasteiger partial charge in [0.15, 0.2) is 0 Å². The zero-order valence-electron chi connectivity index (χ0n) is 8.68. The number of carboxylic acids is 1. The van der Waals surface area contributed by atoms with Gasteiger partial charge in [0.1, 0.15) is 11.4 Å². The average molecular weight is 210 g/mol. The molecule has 4 heteroatoms. The van der Waals surface area contributed by atoms with E-state index < -0.39 is 17.7 Å². The minimum atomic E-state index is -1.43. The molecule has 0 saturated carbocycles. The number of hydrogen-bond donors (Lipinski definition) is 2. The fourth-order valence-corrected chi connectivity index (χ4v) is 1.13. The number of carboxylic acid groups (broad SMARTS) is 1. The minimum absolute atomic E-state index is 0.423. The van der Waals surface area contributed by atoms with Crippen LogP contribution in [-0.2, 0) is 4.79 Å². The van der Waals surface area contributed by atoms with E-state index >= 15 is 0 Å². The Morgan fingerprint density at radius 2 is 1.87 bits per heavy atom. The summed E-state index contributed by atoms with van der Waals surface area (Å²) in [6.45, 7) is 2.80. The molecule has 15 heavy (non-hydrogen) atoms. The Hall–Kier alpha value is -1.55. The van der Waals surface area contributed by atoms with Crippen molar-refractivity contribution >= 4 is 5.97 Å². The van der Waals surface area contributed by atoms with Crippen LogP contribution in [0.5, 0.6) is 5.75 Å². The summed E-state index contributed by atoms with van der Waals surface area (Å²) in [5, 5.41) is 18.5. The van der Waals surface area contributed by atoms with Gasteiger partial charge < -0.3 is 14.9 Å². The normalized spacial score (nSPS) is 13.3. The highest BCUT2D eigenvalue weighted by Crippen LogP contribution is 2.18. The monoisotopic (exact) mass is 210 g/mol. The maximum Gasteiger partial charge on any atom is 0.347 e. The Bertz CT molecular complexity index is 326. The Kier molecular flexibility index (Phi) is 3.31. The highest BCUT2D eigenvalue weighted by atomic mass is 16.5. The van der Waals surface area contributed by atoms with Gasteiger partial charge in [0, 0.05) is 0 Å². The van der Waals surface area contributed by atoms with E-state index in [1.807, 2.05) is 0 Å². The Morgan fingerprint density at radius 1 is 1.33 bits per heavy atom. The van der Waals surface area contributed by atoms with Crippen molar-refractivity contribution in [3.8, 4) is 5.75 Å². The first-order valence-corrected chi connectivity index (χ1v) is 4.58. The lowest BCUT2D eigenvalue weighted by Gasteiger charge is -2.26. The van der Waals surface area contributed by atoms with Gasteiger partial charge in [-0.1, -0.05) is 18.2 Å². The number of para-hydroxylation sites is 1. The summed E-state index contributed by atoms with van der Waals surface area (Å²) in [6, 6.07) is 8.55. The summed E-state index contributed by atoms with van der Waals surface area (Å²) in [4.78, 5) is 10.9. The molecule has 2 N–H and O–H groups in total. The predicted octanol–water partition coefficient (Wildman–Crippen LogP) is 1.29. The first-order valence-electron chi connectivity index (χ1n) is 4.58. The SMILES string of the molecule is CC(C)(O)[C@@H](Oc1ccccc1)C(=O)O. The summed E-state index contributed by atoms with van der Waals surface area (Å²) in [6.07, 6.45) is -1.28. The van der Waals surface area contributed by atoms with Crippen molar-refractivity contribution in [3.05, 3.63) is 30.3 Å². The van der Waals surface area contributed by atoms with Crippen LogP contribution in [0.15, 0.2) is 30.3 Å². The second-order valence-corrected chi connectivity index (χ2v) is 3.80. The third-order valence-corrected chi connectivity index (χ3v) is 1.86. The molecule has 0 aliphatic carbocycles. The molecule has 0 spiro atoms. The molecule has 0 aliphatic rings. The van der Waals surface area contributed by atoms with Crippen molar-refractivity contribution in [1.29, 1.82) is 0 Å². The van der Waals surface area contributed by atoms with Crippen LogP contribution in [0.1, 0.15) is 13.8 Å². The molecule has 0 aromatic heterocycles. The van der Waals surface area contributed by atoms with Gasteiger partial charge in [-0.15, -0.1) is 0 Å². The van der Waals surface area contributed by atoms with Gasteiger partial charge in [-0.25, -0.2) is 4.79 Å². The average Bonchev–Trinajstić information content (AvgIpc) is 2.13. The van der Waals surface area contributed by atoms with Gasteiger partial charge in [0.25, 0.3) is 0 Å². The number of aliphatic carboxylic acids is 1. The molecule has 0 bridgehead atoms. The van der Waals surface area contributed by atoms with Crippen LogP contribution in [-0.4, -0.2) is 27.9 Å². The highest BCUT2D eigenvalue weighted by Gasteiger charge is 2.35. The summed E-state index contributed by atoms with van der Waals surface area (Å²) in [7, 11) is 0. The van der Waals surface area contributed by atoms with Gasteiger partial charge in [0.2, 0.25) is 6.10 Å². The lowest BCUT2D eigenvalue weighted by atomic mass is 10.0. The van der Waals surface area contributed by atoms with E-state index in [9.17, 15) is 9.90 Å². The van der Waals surface area contributed by atoms with E-state index in [0.717, 1.165) is 0 Å². The van der Waals surface area contributed by atoms with Gasteiger partial charge in [-0.05, 0) is 26.0 Å². The largest absolute Gasteiger partial charge is 0.478 e. The fourth-order valence-electron chi connectivity index (χ4n) is 1.13. The van der Waals surface area contributed by atoms with Gasteiger partial charge in [0.05, 0.1) is 0 Å². The van der Waals surface area contributed by atoms with Crippen LogP contribution in [0, 0.1) is 0 Å². The van der Waals surface area contributed by atoms with Gasteiger partial charge >= 0.3 is 5.97 Å². The molecule has 1 rings (SSSR count). The number of benzene rings is 1. The zero-order chi connectivity index (χ0) is 11.5. The van der Waals surface area contributed by atoms with Crippen molar-refractivity contribution in [3.63, 3.8) is 0 Å². The molecule has 0 unspecified atom stereocenters. The lowest BCUT2D eigenvalue weighted by molar-refractivity contribution is -0.156. The van der Waals surface area contributed by atoms with Crippen molar-refractivity contribution in [2.24, 2.45) is 0 Å². The Balaban J connectivity index is 2.82. The van der Waals surface area contributed by atoms with Crippen molar-refractivity contribution < 1.29 is 19.7 Å². The van der Waals surface area contributed by atoms with Crippen LogP contribution in [0.4, 0.5) is 0 Å². The molecule has 0 saturated heterocycles. The minimum Gasteiger partial charge on any atom is -0.478 e. The predicted molar refractivity (Wildman–Crippen MR) is 54.8 cm³/mol. The van der Waals surface area contributed by atoms with Gasteiger partial charge in [-0.3, -0.25) is 0 Å². The molecule has 82 valence electrons. The van der Waals surface area contributed by atoms with E-state index in [-0.39, 0.29) is 0 Å². The van der Waals surface area contributed by atoms with Crippen LogP contribution in [0.3, 0.4) is 0 Å². The van der Waals surface area contributed by atoms with Crippen molar-refractivity contribution in [2.75, 3.05) is 0 Å². The van der Waals surface area contributed by atoms with E-state index in [2.05, 4.69) is 0 Å². The Labute approximate surface area is 88.1 Å². The fraction of sp³-hybridized carbons (Fsp3) is 0.364. The summed E-state index contributed by atoms with van der Waals surface area (Å²) in [5.74, 6) is -0.765. The van der Waals surface area contributed by atoms with Crippen LogP contribution < -0.4 is 4.74 Å². The summed E-state index contributed by atoms with van der Waals surface area (Å²) in [5.41, 5.74) is -1.43. The molecular formula is C11H14O4. The Morgan fingerprint density at radius 3 is 2.27 bits per heavy atom. The molecule has 0 aliphatic heterocycles. The lowest BCUT2D eigenvalue weighted by Crippen LogP contribution is -2.46. The standard InChI is InChI=1S/C11H14O4/c1-11(2,14)9(10(12)13)15-8-6-4-3-5-7-8/h3-7,9,14H,1-2H3,(H,12,13)/t9-/m0/s1. The molecule has 0 amide bonds. The van der Waals surface area contributed by atoms with Crippen LogP contribution >= 0.6 is 0 Å². The first kappa shape index (κ1) is 11.5. The van der Waals surface area contributed by atoms with Crippen LogP contribution in [0.2, 0.25) is 0 Å². The highest BCUT2D eigenvalue weighted by molar-refractivity contribution is 5.74. The number of carbonyl (C=O) groups is 1. The second kappa shape index (κ2) is 4.31. The van der Waals surface area contributed by atoms with Crippen molar-refractivity contribution in [1.82, 2.24) is 0 Å². The third-order valence-electron chi connectivity index (χ3n) is 1.86. The zero-order valence-corrected chi connectivity index (χ0v) is 8.68. The van der Waals surface area contributed by atoms with Crippen LogP contribution in [0.25, 0.3) is 0 Å². The van der Waals surface area contributed by atoms with E-state index in [4.69, 9.17) is 9.84 Å². The summed E-state index contributed by atoms with van der Waals surface area (Å²) >= 11 is 0. The number of hydrogen-bond acceptors (Lipinski definition) is 3. The molecule has 0 fully saturated rings. The quantitative estimate of drug-likeness (QED) is 0.785. The second-order valence-electron chi connectivity index (χ2n) is 3.80. The van der Waals surface area contributed by atoms with E-state index in [1.54, 1.807) is 30.3 Å². The third kappa shape index (κ3) is 3.25. The smallest absolute Gasteiger partial charge is 0.347 e. The summed E-state index contributed by atoms with van der Waals surface area (Å²) < 4.78 is 5.19. The molecule has 1 aromatic carbocycles. The topological polar surface area (TPSA) is 66.8 Å². The number of ether oxygens (including phenoxy) is 1. The maximum absolute atomic E-state index is 10.9. The van der Waals surface area contributed by atoms with E-state index in [0.29, 0.717) is 5.75 Å². The van der Waals surface area contributed by atoms with E-state index in [1.165, 1.54) is 13.8 Å². The number of aliphatic hydroxyl groups is 1. The molecule has 1 atom stereocenters. The van der Waals surface area contributed by atoms with Gasteiger partial charge in [-0.2, -0.15) is 0 Å².